The maximum Gasteiger partial charge on any atom is 0.325 e. The molecule has 4 rings (SSSR count). The summed E-state index contributed by atoms with van der Waals surface area (Å²) in [5.74, 6) is -1.19. The van der Waals surface area contributed by atoms with Crippen LogP contribution in [0.4, 0.5) is 10.5 Å². The Hall–Kier alpha value is -3.68. The van der Waals surface area contributed by atoms with Crippen molar-refractivity contribution in [2.45, 2.75) is 57.1 Å². The van der Waals surface area contributed by atoms with Gasteiger partial charge in [0.15, 0.2) is 6.10 Å². The van der Waals surface area contributed by atoms with Crippen molar-refractivity contribution in [2.24, 2.45) is 0 Å². The van der Waals surface area contributed by atoms with E-state index in [1.165, 1.54) is 11.8 Å². The second kappa shape index (κ2) is 10.1. The lowest BCUT2D eigenvalue weighted by atomic mass is 9.98. The Morgan fingerprint density at radius 2 is 1.74 bits per heavy atom. The van der Waals surface area contributed by atoms with E-state index in [9.17, 15) is 19.2 Å². The van der Waals surface area contributed by atoms with Crippen LogP contribution in [0.3, 0.4) is 0 Å². The topological polar surface area (TPSA) is 105 Å². The number of urea groups is 1. The number of nitrogens with one attached hydrogen (secondary N) is 2. The molecule has 1 atom stereocenters. The first-order chi connectivity index (χ1) is 16.4. The van der Waals surface area contributed by atoms with Crippen molar-refractivity contribution in [3.05, 3.63) is 54.6 Å². The second-order valence-electron chi connectivity index (χ2n) is 8.81. The van der Waals surface area contributed by atoms with Gasteiger partial charge in [-0.15, -0.1) is 0 Å². The number of amides is 4. The third-order valence-corrected chi connectivity index (χ3v) is 6.41. The molecular formula is C26H29N3O5. The predicted octanol–water partition coefficient (Wildman–Crippen LogP) is 3.87. The van der Waals surface area contributed by atoms with Crippen LogP contribution < -0.4 is 10.6 Å². The first kappa shape index (κ1) is 23.5. The monoisotopic (exact) mass is 463 g/mol. The van der Waals surface area contributed by atoms with Crippen molar-refractivity contribution < 1.29 is 23.9 Å². The van der Waals surface area contributed by atoms with Gasteiger partial charge in [0.1, 0.15) is 5.54 Å². The van der Waals surface area contributed by atoms with Gasteiger partial charge in [-0.1, -0.05) is 61.4 Å². The molecule has 2 aliphatic rings. The highest BCUT2D eigenvalue weighted by atomic mass is 16.5. The van der Waals surface area contributed by atoms with E-state index >= 15 is 0 Å². The SMILES string of the molecule is C[C@@H](OC(=O)CCCN1C(=O)NC2(CCCC2)C1=O)C(=O)Nc1ccccc1-c1ccccc1. The standard InChI is InChI=1S/C26H29N3O5/c1-18(23(31)27-21-13-6-5-12-20(21)19-10-3-2-4-11-19)34-22(30)14-9-17-29-24(32)26(28-25(29)33)15-7-8-16-26/h2-6,10-13,18H,7-9,14-17H2,1H3,(H,27,31)(H,28,33)/t18-/m1/s1. The Kier molecular flexibility index (Phi) is 6.95. The summed E-state index contributed by atoms with van der Waals surface area (Å²) in [5, 5.41) is 5.65. The van der Waals surface area contributed by atoms with Crippen molar-refractivity contribution in [3.8, 4) is 11.1 Å². The highest BCUT2D eigenvalue weighted by molar-refractivity contribution is 6.07. The van der Waals surface area contributed by atoms with Gasteiger partial charge in [0.25, 0.3) is 11.8 Å². The van der Waals surface area contributed by atoms with E-state index in [2.05, 4.69) is 10.6 Å². The zero-order valence-electron chi connectivity index (χ0n) is 19.2. The molecular weight excluding hydrogens is 434 g/mol. The molecule has 2 N–H and O–H groups in total. The number of carbonyl (C=O) groups excluding carboxylic acids is 4. The summed E-state index contributed by atoms with van der Waals surface area (Å²) in [4.78, 5) is 51.0. The highest BCUT2D eigenvalue weighted by Gasteiger charge is 2.52. The van der Waals surface area contributed by atoms with E-state index in [0.29, 0.717) is 18.5 Å². The Bertz CT molecular complexity index is 1080. The minimum Gasteiger partial charge on any atom is -0.453 e. The lowest BCUT2D eigenvalue weighted by Crippen LogP contribution is -2.44. The number of benzene rings is 2. The maximum atomic E-state index is 12.7. The Morgan fingerprint density at radius 1 is 1.06 bits per heavy atom. The van der Waals surface area contributed by atoms with Crippen molar-refractivity contribution in [3.63, 3.8) is 0 Å². The molecule has 2 aromatic carbocycles. The van der Waals surface area contributed by atoms with Gasteiger partial charge >= 0.3 is 12.0 Å². The van der Waals surface area contributed by atoms with Crippen molar-refractivity contribution >= 4 is 29.5 Å². The van der Waals surface area contributed by atoms with Crippen LogP contribution in [-0.4, -0.2) is 46.9 Å². The van der Waals surface area contributed by atoms with Crippen LogP contribution in [0.25, 0.3) is 11.1 Å². The zero-order chi connectivity index (χ0) is 24.1. The van der Waals surface area contributed by atoms with Gasteiger partial charge in [0.05, 0.1) is 0 Å². The molecule has 0 unspecified atom stereocenters. The van der Waals surface area contributed by atoms with Crippen LogP contribution in [0.2, 0.25) is 0 Å². The molecule has 1 saturated heterocycles. The minimum atomic E-state index is -0.991. The van der Waals surface area contributed by atoms with Gasteiger partial charge in [-0.2, -0.15) is 0 Å². The normalized spacial score (nSPS) is 17.5. The van der Waals surface area contributed by atoms with Crippen molar-refractivity contribution in [1.82, 2.24) is 10.2 Å². The third kappa shape index (κ3) is 4.95. The molecule has 1 heterocycles. The van der Waals surface area contributed by atoms with Gasteiger partial charge in [-0.3, -0.25) is 19.3 Å². The summed E-state index contributed by atoms with van der Waals surface area (Å²) < 4.78 is 5.29. The van der Waals surface area contributed by atoms with Crippen molar-refractivity contribution in [2.75, 3.05) is 11.9 Å². The van der Waals surface area contributed by atoms with E-state index in [1.807, 2.05) is 48.5 Å². The smallest absolute Gasteiger partial charge is 0.325 e. The van der Waals surface area contributed by atoms with Crippen LogP contribution in [0, 0.1) is 0 Å². The summed E-state index contributed by atoms with van der Waals surface area (Å²) in [6, 6.07) is 16.7. The highest BCUT2D eigenvalue weighted by Crippen LogP contribution is 2.35. The molecule has 1 aliphatic heterocycles. The summed E-state index contributed by atoms with van der Waals surface area (Å²) >= 11 is 0. The molecule has 178 valence electrons. The van der Waals surface area contributed by atoms with E-state index in [1.54, 1.807) is 6.07 Å². The van der Waals surface area contributed by atoms with Crippen LogP contribution >= 0.6 is 0 Å². The molecule has 2 fully saturated rings. The van der Waals surface area contributed by atoms with Crippen LogP contribution in [-0.2, 0) is 19.1 Å². The molecule has 2 aromatic rings. The molecule has 8 heteroatoms. The molecule has 0 bridgehead atoms. The van der Waals surface area contributed by atoms with Crippen LogP contribution in [0.5, 0.6) is 0 Å². The Morgan fingerprint density at radius 3 is 2.47 bits per heavy atom. The number of ether oxygens (including phenoxy) is 1. The number of para-hydroxylation sites is 1. The first-order valence-corrected chi connectivity index (χ1v) is 11.7. The van der Waals surface area contributed by atoms with Crippen molar-refractivity contribution in [1.29, 1.82) is 0 Å². The van der Waals surface area contributed by atoms with Gasteiger partial charge in [-0.25, -0.2) is 4.79 Å². The quantitative estimate of drug-likeness (QED) is 0.457. The molecule has 1 saturated carbocycles. The summed E-state index contributed by atoms with van der Waals surface area (Å²) in [6.07, 6.45) is 2.45. The number of imide groups is 1. The number of nitrogens with zero attached hydrogens (tertiary/aromatic N) is 1. The molecule has 34 heavy (non-hydrogen) atoms. The van der Waals surface area contributed by atoms with Gasteiger partial charge in [0.2, 0.25) is 0 Å². The fraction of sp³-hybridized carbons (Fsp3) is 0.385. The molecule has 8 nitrogen and oxygen atoms in total. The number of esters is 1. The van der Waals surface area contributed by atoms with E-state index < -0.39 is 29.6 Å². The van der Waals surface area contributed by atoms with Crippen LogP contribution in [0.15, 0.2) is 54.6 Å². The van der Waals surface area contributed by atoms with Gasteiger partial charge < -0.3 is 15.4 Å². The molecule has 1 spiro atoms. The van der Waals surface area contributed by atoms with Crippen LogP contribution in [0.1, 0.15) is 45.4 Å². The van der Waals surface area contributed by atoms with E-state index in [0.717, 1.165) is 24.0 Å². The summed E-state index contributed by atoms with van der Waals surface area (Å²) in [6.45, 7) is 1.66. The van der Waals surface area contributed by atoms with E-state index in [-0.39, 0.29) is 25.3 Å². The number of rotatable bonds is 8. The maximum absolute atomic E-state index is 12.7. The first-order valence-electron chi connectivity index (χ1n) is 11.7. The lowest BCUT2D eigenvalue weighted by Gasteiger charge is -2.20. The molecule has 4 amide bonds. The zero-order valence-corrected chi connectivity index (χ0v) is 19.2. The summed E-state index contributed by atoms with van der Waals surface area (Å²) in [5.41, 5.74) is 1.70. The largest absolute Gasteiger partial charge is 0.453 e. The number of carbonyl (C=O) groups is 4. The summed E-state index contributed by atoms with van der Waals surface area (Å²) in [7, 11) is 0. The number of hydrogen-bond donors (Lipinski definition) is 2. The fourth-order valence-electron chi connectivity index (χ4n) is 4.58. The average Bonchev–Trinajstić information content (AvgIpc) is 3.40. The predicted molar refractivity (Wildman–Crippen MR) is 127 cm³/mol. The Labute approximate surface area is 198 Å². The minimum absolute atomic E-state index is 0.00226. The second-order valence-corrected chi connectivity index (χ2v) is 8.81. The van der Waals surface area contributed by atoms with E-state index in [4.69, 9.17) is 4.74 Å². The third-order valence-electron chi connectivity index (χ3n) is 6.41. The van der Waals surface area contributed by atoms with Gasteiger partial charge in [-0.05, 0) is 37.8 Å². The van der Waals surface area contributed by atoms with Gasteiger partial charge in [0, 0.05) is 24.2 Å². The Balaban J connectivity index is 1.26. The molecule has 1 aliphatic carbocycles. The average molecular weight is 464 g/mol. The molecule has 0 radical (unpaired) electrons. The molecule has 0 aromatic heterocycles. The number of anilines is 1. The lowest BCUT2D eigenvalue weighted by molar-refractivity contribution is -0.153. The number of hydrogen-bond acceptors (Lipinski definition) is 5. The fourth-order valence-corrected chi connectivity index (χ4v) is 4.58.